The first kappa shape index (κ1) is 16.2. The van der Waals surface area contributed by atoms with Crippen molar-refractivity contribution < 1.29 is 8.78 Å². The third-order valence-corrected chi connectivity index (χ3v) is 5.42. The van der Waals surface area contributed by atoms with Crippen molar-refractivity contribution in [3.63, 3.8) is 0 Å². The van der Waals surface area contributed by atoms with Crippen LogP contribution in [0, 0.1) is 25.5 Å². The van der Waals surface area contributed by atoms with Crippen molar-refractivity contribution in [3.05, 3.63) is 69.3 Å². The topological polar surface area (TPSA) is 17.3 Å². The van der Waals surface area contributed by atoms with Crippen molar-refractivity contribution in [2.24, 2.45) is 4.99 Å². The molecule has 1 saturated carbocycles. The predicted octanol–water partition coefficient (Wildman–Crippen LogP) is 5.68. The predicted molar refractivity (Wildman–Crippen MR) is 97.1 cm³/mol. The van der Waals surface area contributed by atoms with Crippen molar-refractivity contribution in [1.29, 1.82) is 0 Å². The summed E-state index contributed by atoms with van der Waals surface area (Å²) in [4.78, 5) is 5.22. The summed E-state index contributed by atoms with van der Waals surface area (Å²) in [5.41, 5.74) is 4.93. The quantitative estimate of drug-likeness (QED) is 0.574. The smallest absolute Gasteiger partial charge is 0.190 e. The summed E-state index contributed by atoms with van der Waals surface area (Å²) >= 11 is 1.49. The van der Waals surface area contributed by atoms with Gasteiger partial charge in [-0.1, -0.05) is 12.1 Å². The van der Waals surface area contributed by atoms with Crippen LogP contribution in [0.5, 0.6) is 0 Å². The molecule has 1 aliphatic carbocycles. The van der Waals surface area contributed by atoms with Gasteiger partial charge in [0.25, 0.3) is 0 Å². The van der Waals surface area contributed by atoms with Crippen LogP contribution in [-0.2, 0) is 0 Å². The average Bonchev–Trinajstić information content (AvgIpc) is 3.33. The van der Waals surface area contributed by atoms with Gasteiger partial charge in [0.05, 0.1) is 5.69 Å². The lowest BCUT2D eigenvalue weighted by Crippen LogP contribution is -2.14. The van der Waals surface area contributed by atoms with E-state index >= 15 is 0 Å². The van der Waals surface area contributed by atoms with Gasteiger partial charge in [0.1, 0.15) is 11.5 Å². The first-order valence-electron chi connectivity index (χ1n) is 8.30. The summed E-state index contributed by atoms with van der Waals surface area (Å²) in [5.74, 6) is -1.23. The lowest BCUT2D eigenvalue weighted by Gasteiger charge is -2.09. The molecule has 4 rings (SSSR count). The van der Waals surface area contributed by atoms with Crippen LogP contribution in [0.3, 0.4) is 0 Å². The first-order chi connectivity index (χ1) is 12.0. The van der Waals surface area contributed by atoms with E-state index in [9.17, 15) is 8.78 Å². The molecule has 0 N–H and O–H groups in total. The van der Waals surface area contributed by atoms with Gasteiger partial charge in [0, 0.05) is 17.5 Å². The molecule has 0 unspecified atom stereocenters. The Labute approximate surface area is 149 Å². The molecule has 1 heterocycles. The summed E-state index contributed by atoms with van der Waals surface area (Å²) in [5, 5.41) is 2.07. The fourth-order valence-corrected chi connectivity index (χ4v) is 3.85. The van der Waals surface area contributed by atoms with E-state index in [4.69, 9.17) is 0 Å². The van der Waals surface area contributed by atoms with Gasteiger partial charge < -0.3 is 4.57 Å². The molecule has 0 spiro atoms. The van der Waals surface area contributed by atoms with Gasteiger partial charge in [-0.2, -0.15) is 0 Å². The maximum absolute atomic E-state index is 14.0. The summed E-state index contributed by atoms with van der Waals surface area (Å²) < 4.78 is 29.3. The zero-order chi connectivity index (χ0) is 17.6. The van der Waals surface area contributed by atoms with E-state index in [-0.39, 0.29) is 5.69 Å². The lowest BCUT2D eigenvalue weighted by molar-refractivity contribution is 0.584. The Morgan fingerprint density at radius 1 is 1.04 bits per heavy atom. The molecule has 2 aromatic carbocycles. The van der Waals surface area contributed by atoms with E-state index in [1.807, 2.05) is 0 Å². The number of halogens is 2. The second-order valence-corrected chi connectivity index (χ2v) is 7.35. The average molecular weight is 356 g/mol. The SMILES string of the molecule is Cc1ccc(-c2csc(=Nc3ccc(F)cc3F)n2C2CC2)cc1C. The minimum absolute atomic E-state index is 0.171. The molecule has 1 fully saturated rings. The van der Waals surface area contributed by atoms with Crippen molar-refractivity contribution in [1.82, 2.24) is 4.57 Å². The van der Waals surface area contributed by atoms with Crippen LogP contribution < -0.4 is 4.80 Å². The number of hydrogen-bond donors (Lipinski definition) is 0. The van der Waals surface area contributed by atoms with Gasteiger partial charge in [-0.25, -0.2) is 13.8 Å². The molecular weight excluding hydrogens is 338 g/mol. The largest absolute Gasteiger partial charge is 0.313 e. The number of thiazole rings is 1. The van der Waals surface area contributed by atoms with Gasteiger partial charge in [-0.05, 0) is 61.6 Å². The highest BCUT2D eigenvalue weighted by Crippen LogP contribution is 2.38. The van der Waals surface area contributed by atoms with Crippen LogP contribution in [0.25, 0.3) is 11.3 Å². The Kier molecular flexibility index (Phi) is 4.04. The van der Waals surface area contributed by atoms with E-state index in [1.165, 1.54) is 34.6 Å². The Morgan fingerprint density at radius 2 is 1.84 bits per heavy atom. The molecule has 0 saturated heterocycles. The maximum Gasteiger partial charge on any atom is 0.190 e. The second kappa shape index (κ2) is 6.23. The third kappa shape index (κ3) is 3.16. The molecule has 1 aliphatic rings. The Balaban J connectivity index is 1.86. The van der Waals surface area contributed by atoms with Crippen molar-refractivity contribution in [2.75, 3.05) is 0 Å². The molecule has 0 bridgehead atoms. The highest BCUT2D eigenvalue weighted by atomic mass is 32.1. The van der Waals surface area contributed by atoms with Crippen LogP contribution in [0.1, 0.15) is 30.0 Å². The van der Waals surface area contributed by atoms with Crippen LogP contribution in [0.4, 0.5) is 14.5 Å². The van der Waals surface area contributed by atoms with E-state index in [0.717, 1.165) is 35.0 Å². The molecule has 128 valence electrons. The zero-order valence-corrected chi connectivity index (χ0v) is 14.9. The van der Waals surface area contributed by atoms with Gasteiger partial charge in [-0.3, -0.25) is 0 Å². The summed E-state index contributed by atoms with van der Waals surface area (Å²) in [6, 6.07) is 10.3. The first-order valence-corrected chi connectivity index (χ1v) is 9.18. The van der Waals surface area contributed by atoms with Gasteiger partial charge in [0.15, 0.2) is 10.6 Å². The van der Waals surface area contributed by atoms with Crippen LogP contribution in [0.15, 0.2) is 46.8 Å². The van der Waals surface area contributed by atoms with Crippen molar-refractivity contribution >= 4 is 17.0 Å². The second-order valence-electron chi connectivity index (χ2n) is 6.51. The number of aryl methyl sites for hydroxylation is 2. The maximum atomic E-state index is 14.0. The Bertz CT molecular complexity index is 1010. The monoisotopic (exact) mass is 356 g/mol. The molecule has 0 radical (unpaired) electrons. The summed E-state index contributed by atoms with van der Waals surface area (Å²) in [7, 11) is 0. The van der Waals surface area contributed by atoms with E-state index < -0.39 is 11.6 Å². The fourth-order valence-electron chi connectivity index (χ4n) is 2.87. The van der Waals surface area contributed by atoms with Gasteiger partial charge in [0.2, 0.25) is 0 Å². The Hall–Kier alpha value is -2.27. The van der Waals surface area contributed by atoms with E-state index in [2.05, 4.69) is 47.0 Å². The van der Waals surface area contributed by atoms with Gasteiger partial charge in [-0.15, -0.1) is 11.3 Å². The van der Waals surface area contributed by atoms with Gasteiger partial charge >= 0.3 is 0 Å². The highest BCUT2D eigenvalue weighted by molar-refractivity contribution is 7.07. The fraction of sp³-hybridized carbons (Fsp3) is 0.250. The number of hydrogen-bond acceptors (Lipinski definition) is 2. The van der Waals surface area contributed by atoms with Crippen molar-refractivity contribution in [3.8, 4) is 11.3 Å². The van der Waals surface area contributed by atoms with Crippen molar-refractivity contribution in [2.45, 2.75) is 32.7 Å². The molecule has 2 nitrogen and oxygen atoms in total. The molecule has 25 heavy (non-hydrogen) atoms. The van der Waals surface area contributed by atoms with E-state index in [1.54, 1.807) is 0 Å². The third-order valence-electron chi connectivity index (χ3n) is 4.58. The zero-order valence-electron chi connectivity index (χ0n) is 14.1. The molecule has 1 aromatic heterocycles. The van der Waals surface area contributed by atoms with E-state index in [0.29, 0.717) is 6.04 Å². The molecule has 0 aliphatic heterocycles. The normalized spacial score (nSPS) is 15.0. The number of benzene rings is 2. The molecular formula is C20H18F2N2S. The number of aromatic nitrogens is 1. The molecule has 0 atom stereocenters. The number of nitrogens with zero attached hydrogens (tertiary/aromatic N) is 2. The standard InChI is InChI=1S/C20H18F2N2S/c1-12-3-4-14(9-13(12)2)19-11-25-20(24(19)16-6-7-16)23-18-8-5-15(21)10-17(18)22/h3-5,8-11,16H,6-7H2,1-2H3. The minimum Gasteiger partial charge on any atom is -0.313 e. The molecule has 0 amide bonds. The van der Waals surface area contributed by atoms with Crippen LogP contribution in [0.2, 0.25) is 0 Å². The highest BCUT2D eigenvalue weighted by Gasteiger charge is 2.27. The number of rotatable bonds is 3. The summed E-state index contributed by atoms with van der Waals surface area (Å²) in [6.45, 7) is 4.20. The Morgan fingerprint density at radius 3 is 2.52 bits per heavy atom. The lowest BCUT2D eigenvalue weighted by atomic mass is 10.0. The molecule has 5 heteroatoms. The minimum atomic E-state index is -0.636. The van der Waals surface area contributed by atoms with Crippen LogP contribution >= 0.6 is 11.3 Å². The summed E-state index contributed by atoms with van der Waals surface area (Å²) in [6.07, 6.45) is 2.21. The van der Waals surface area contributed by atoms with Crippen LogP contribution in [-0.4, -0.2) is 4.57 Å². The molecule has 3 aromatic rings.